The Hall–Kier alpha value is -2.40. The molecule has 0 saturated carbocycles. The van der Waals surface area contributed by atoms with Crippen LogP contribution >= 0.6 is 11.3 Å². The molecule has 1 N–H and O–H groups in total. The fourth-order valence-corrected chi connectivity index (χ4v) is 3.16. The summed E-state index contributed by atoms with van der Waals surface area (Å²) in [5, 5.41) is 9.44. The van der Waals surface area contributed by atoms with Gasteiger partial charge in [-0.3, -0.25) is 4.79 Å². The van der Waals surface area contributed by atoms with Gasteiger partial charge in [0.25, 0.3) is 5.91 Å². The molecule has 0 unspecified atom stereocenters. The van der Waals surface area contributed by atoms with Crippen molar-refractivity contribution in [1.82, 2.24) is 0 Å². The topological polar surface area (TPSA) is 57.6 Å². The molecule has 1 aromatic carbocycles. The Kier molecular flexibility index (Phi) is 5.12. The van der Waals surface area contributed by atoms with Crippen LogP contribution in [0.4, 0.5) is 5.69 Å². The Balaban J connectivity index is 2.52. The lowest BCUT2D eigenvalue weighted by Crippen LogP contribution is -2.29. The summed E-state index contributed by atoms with van der Waals surface area (Å²) >= 11 is 1.18. The number of carbonyl (C=O) groups excluding carboxylic acids is 1. The van der Waals surface area contributed by atoms with Gasteiger partial charge >= 0.3 is 5.97 Å². The average Bonchev–Trinajstić information content (AvgIpc) is 2.94. The lowest BCUT2D eigenvalue weighted by molar-refractivity contribution is -0.114. The summed E-state index contributed by atoms with van der Waals surface area (Å²) in [6.07, 6.45) is 3.09. The molecule has 0 atom stereocenters. The number of carboxylic acid groups (broad SMARTS) is 1. The monoisotopic (exact) mass is 315 g/mol. The molecule has 0 aliphatic rings. The number of likely N-dealkylation sites (N-methyl/N-ethyl adjacent to an activating group) is 1. The van der Waals surface area contributed by atoms with Gasteiger partial charge in [0.15, 0.2) is 0 Å². The van der Waals surface area contributed by atoms with Crippen LogP contribution in [0.1, 0.15) is 23.5 Å². The number of rotatable bonds is 5. The van der Waals surface area contributed by atoms with E-state index < -0.39 is 5.97 Å². The van der Waals surface area contributed by atoms with Crippen molar-refractivity contribution in [3.8, 4) is 10.4 Å². The molecule has 1 heterocycles. The van der Waals surface area contributed by atoms with E-state index in [0.717, 1.165) is 10.4 Å². The number of benzene rings is 1. The van der Waals surface area contributed by atoms with E-state index in [1.807, 2.05) is 37.3 Å². The van der Waals surface area contributed by atoms with Crippen LogP contribution in [0.25, 0.3) is 10.4 Å². The van der Waals surface area contributed by atoms with E-state index in [1.165, 1.54) is 22.3 Å². The van der Waals surface area contributed by atoms with Crippen molar-refractivity contribution >= 4 is 28.9 Å². The van der Waals surface area contributed by atoms with E-state index in [4.69, 9.17) is 0 Å². The number of hydrogen-bond donors (Lipinski definition) is 1. The number of nitrogens with zero attached hydrogens (tertiary/aromatic N) is 1. The average molecular weight is 315 g/mol. The van der Waals surface area contributed by atoms with Gasteiger partial charge in [-0.05, 0) is 31.6 Å². The number of thiophene rings is 1. The van der Waals surface area contributed by atoms with E-state index in [0.29, 0.717) is 12.2 Å². The second-order valence-corrected chi connectivity index (χ2v) is 5.63. The highest BCUT2D eigenvalue weighted by Crippen LogP contribution is 2.37. The molecular weight excluding hydrogens is 298 g/mol. The van der Waals surface area contributed by atoms with Gasteiger partial charge in [-0.1, -0.05) is 36.4 Å². The fourth-order valence-electron chi connectivity index (χ4n) is 2.16. The van der Waals surface area contributed by atoms with Gasteiger partial charge in [0, 0.05) is 11.4 Å². The van der Waals surface area contributed by atoms with Gasteiger partial charge in [0.05, 0.1) is 5.69 Å². The third-order valence-electron chi connectivity index (χ3n) is 3.15. The van der Waals surface area contributed by atoms with Crippen molar-refractivity contribution < 1.29 is 14.7 Å². The summed E-state index contributed by atoms with van der Waals surface area (Å²) in [7, 11) is 0. The highest BCUT2D eigenvalue weighted by molar-refractivity contribution is 7.18. The molecule has 22 heavy (non-hydrogen) atoms. The van der Waals surface area contributed by atoms with Crippen LogP contribution in [0.3, 0.4) is 0 Å². The normalized spacial score (nSPS) is 10.8. The molecule has 0 fully saturated rings. The molecular formula is C17H17NO3S. The molecule has 0 aliphatic carbocycles. The highest BCUT2D eigenvalue weighted by Gasteiger charge is 2.23. The van der Waals surface area contributed by atoms with Gasteiger partial charge in [-0.15, -0.1) is 11.3 Å². The molecule has 0 bridgehead atoms. The lowest BCUT2D eigenvalue weighted by atomic mass is 10.2. The highest BCUT2D eigenvalue weighted by atomic mass is 32.1. The molecule has 0 spiro atoms. The number of carbonyl (C=O) groups is 2. The Labute approximate surface area is 133 Å². The molecule has 114 valence electrons. The Morgan fingerprint density at radius 3 is 2.50 bits per heavy atom. The molecule has 0 radical (unpaired) electrons. The second kappa shape index (κ2) is 7.04. The summed E-state index contributed by atoms with van der Waals surface area (Å²) in [5.41, 5.74) is 1.39. The summed E-state index contributed by atoms with van der Waals surface area (Å²) in [6, 6.07) is 11.3. The first-order valence-electron chi connectivity index (χ1n) is 6.95. The minimum Gasteiger partial charge on any atom is -0.477 e. The van der Waals surface area contributed by atoms with Gasteiger partial charge in [0.2, 0.25) is 0 Å². The zero-order valence-corrected chi connectivity index (χ0v) is 13.3. The molecule has 0 saturated heterocycles. The molecule has 1 amide bonds. The molecule has 1 aromatic heterocycles. The molecule has 5 heteroatoms. The van der Waals surface area contributed by atoms with E-state index in [-0.39, 0.29) is 10.8 Å². The number of allylic oxidation sites excluding steroid dienone is 1. The van der Waals surface area contributed by atoms with Crippen molar-refractivity contribution in [2.24, 2.45) is 0 Å². The van der Waals surface area contributed by atoms with Crippen LogP contribution in [0.15, 0.2) is 48.6 Å². The number of carboxylic acids is 1. The quantitative estimate of drug-likeness (QED) is 0.847. The first-order valence-corrected chi connectivity index (χ1v) is 7.76. The Bertz CT molecular complexity index is 704. The van der Waals surface area contributed by atoms with Crippen LogP contribution in [-0.2, 0) is 4.79 Å². The van der Waals surface area contributed by atoms with Crippen LogP contribution in [-0.4, -0.2) is 23.5 Å². The maximum Gasteiger partial charge on any atom is 0.348 e. The molecule has 2 rings (SSSR count). The van der Waals surface area contributed by atoms with Crippen molar-refractivity contribution in [1.29, 1.82) is 0 Å². The van der Waals surface area contributed by atoms with Crippen molar-refractivity contribution in [2.75, 3.05) is 11.4 Å². The number of amides is 1. The zero-order chi connectivity index (χ0) is 16.1. The van der Waals surface area contributed by atoms with Crippen LogP contribution in [0.5, 0.6) is 0 Å². The first kappa shape index (κ1) is 16.0. The number of anilines is 1. The van der Waals surface area contributed by atoms with Crippen molar-refractivity contribution in [3.05, 3.63) is 53.4 Å². The third-order valence-corrected chi connectivity index (χ3v) is 4.31. The maximum absolute atomic E-state index is 12.1. The fraction of sp³-hybridized carbons (Fsp3) is 0.176. The van der Waals surface area contributed by atoms with E-state index >= 15 is 0 Å². The van der Waals surface area contributed by atoms with Gasteiger partial charge in [-0.2, -0.15) is 0 Å². The predicted molar refractivity (Wildman–Crippen MR) is 89.6 cm³/mol. The summed E-state index contributed by atoms with van der Waals surface area (Å²) < 4.78 is 0. The van der Waals surface area contributed by atoms with Crippen LogP contribution < -0.4 is 4.90 Å². The lowest BCUT2D eigenvalue weighted by Gasteiger charge is -2.18. The molecule has 2 aromatic rings. The standard InChI is InChI=1S/C17H17NO3S/c1-3-8-15(19)18(4-2)13-11-14(22-16(13)17(20)21)12-9-6-5-7-10-12/h3,5-11H,4H2,1-2H3,(H,20,21)/b8-3+. The predicted octanol–water partition coefficient (Wildman–Crippen LogP) is 4.04. The Morgan fingerprint density at radius 1 is 1.27 bits per heavy atom. The number of aromatic carboxylic acids is 1. The minimum absolute atomic E-state index is 0.179. The summed E-state index contributed by atoms with van der Waals surface area (Å²) in [6.45, 7) is 3.99. The molecule has 0 aliphatic heterocycles. The Morgan fingerprint density at radius 2 is 1.95 bits per heavy atom. The van der Waals surface area contributed by atoms with E-state index in [2.05, 4.69) is 0 Å². The maximum atomic E-state index is 12.1. The SMILES string of the molecule is C/C=C/C(=O)N(CC)c1cc(-c2ccccc2)sc1C(=O)O. The van der Waals surface area contributed by atoms with E-state index in [1.54, 1.807) is 19.1 Å². The third kappa shape index (κ3) is 3.26. The number of hydrogen-bond acceptors (Lipinski definition) is 3. The van der Waals surface area contributed by atoms with Gasteiger partial charge < -0.3 is 10.0 Å². The van der Waals surface area contributed by atoms with Crippen molar-refractivity contribution in [2.45, 2.75) is 13.8 Å². The smallest absolute Gasteiger partial charge is 0.348 e. The summed E-state index contributed by atoms with van der Waals surface area (Å²) in [5.74, 6) is -1.24. The van der Waals surface area contributed by atoms with Crippen LogP contribution in [0, 0.1) is 0 Å². The minimum atomic E-state index is -1.02. The van der Waals surface area contributed by atoms with Gasteiger partial charge in [-0.25, -0.2) is 4.79 Å². The zero-order valence-electron chi connectivity index (χ0n) is 12.4. The first-order chi connectivity index (χ1) is 10.6. The molecule has 4 nitrogen and oxygen atoms in total. The largest absolute Gasteiger partial charge is 0.477 e. The summed E-state index contributed by atoms with van der Waals surface area (Å²) in [4.78, 5) is 26.2. The van der Waals surface area contributed by atoms with E-state index in [9.17, 15) is 14.7 Å². The second-order valence-electron chi connectivity index (χ2n) is 4.58. The van der Waals surface area contributed by atoms with Crippen molar-refractivity contribution in [3.63, 3.8) is 0 Å². The van der Waals surface area contributed by atoms with Crippen LogP contribution in [0.2, 0.25) is 0 Å². The van der Waals surface area contributed by atoms with Gasteiger partial charge in [0.1, 0.15) is 4.88 Å².